The number of rotatable bonds is 2. The molecule has 0 fully saturated rings. The maximum Gasteiger partial charge on any atom is 0.156 e. The summed E-state index contributed by atoms with van der Waals surface area (Å²) in [5, 5.41) is 1.15. The molecule has 0 saturated carbocycles. The van der Waals surface area contributed by atoms with Crippen LogP contribution in [0, 0.1) is 6.92 Å². The van der Waals surface area contributed by atoms with Gasteiger partial charge in [0.25, 0.3) is 0 Å². The van der Waals surface area contributed by atoms with Crippen molar-refractivity contribution in [2.24, 2.45) is 7.05 Å². The molecular weight excluding hydrogens is 276 g/mol. The maximum atomic E-state index is 5.37. The molecule has 3 aromatic heterocycles. The quantitative estimate of drug-likeness (QED) is 0.616. The highest BCUT2D eigenvalue weighted by atomic mass is 16.5. The molecule has 0 aliphatic heterocycles. The molecule has 1 N–H and O–H groups in total. The van der Waals surface area contributed by atoms with E-state index in [1.807, 2.05) is 13.1 Å². The second-order valence-electron chi connectivity index (χ2n) is 5.42. The number of aromatic amines is 1. The Labute approximate surface area is 127 Å². The molecule has 0 atom stereocenters. The molecule has 0 saturated heterocycles. The molecule has 0 aliphatic rings. The third-order valence-electron chi connectivity index (χ3n) is 4.14. The summed E-state index contributed by atoms with van der Waals surface area (Å²) in [4.78, 5) is 12.2. The van der Waals surface area contributed by atoms with Crippen molar-refractivity contribution >= 4 is 22.1 Å². The van der Waals surface area contributed by atoms with Crippen LogP contribution in [0.4, 0.5) is 0 Å². The van der Waals surface area contributed by atoms with Gasteiger partial charge in [-0.1, -0.05) is 0 Å². The lowest BCUT2D eigenvalue weighted by Crippen LogP contribution is -1.85. The van der Waals surface area contributed by atoms with Crippen molar-refractivity contribution in [1.82, 2.24) is 19.5 Å². The molecule has 0 bridgehead atoms. The molecule has 1 aromatic carbocycles. The lowest BCUT2D eigenvalue weighted by atomic mass is 10.1. The minimum absolute atomic E-state index is 0.815. The predicted molar refractivity (Wildman–Crippen MR) is 87.1 cm³/mol. The molecule has 4 rings (SSSR count). The molecule has 3 heterocycles. The Morgan fingerprint density at radius 2 is 2.00 bits per heavy atom. The lowest BCUT2D eigenvalue weighted by Gasteiger charge is -2.02. The SMILES string of the molecule is COc1ccc2c(c1)c(-c1[nH]c3nccnc3c1C)cn2C. The number of methoxy groups -OCH3 is 1. The second kappa shape index (κ2) is 4.59. The van der Waals surface area contributed by atoms with Crippen LogP contribution in [0.2, 0.25) is 0 Å². The minimum atomic E-state index is 0.815. The van der Waals surface area contributed by atoms with Gasteiger partial charge in [0.1, 0.15) is 11.3 Å². The first-order chi connectivity index (χ1) is 10.7. The molecule has 22 heavy (non-hydrogen) atoms. The summed E-state index contributed by atoms with van der Waals surface area (Å²) in [5.41, 5.74) is 6.19. The topological polar surface area (TPSA) is 55.7 Å². The van der Waals surface area contributed by atoms with Crippen molar-refractivity contribution in [3.63, 3.8) is 0 Å². The number of aromatic nitrogens is 4. The summed E-state index contributed by atoms with van der Waals surface area (Å²) in [7, 11) is 3.73. The maximum absolute atomic E-state index is 5.37. The fraction of sp³-hybridized carbons (Fsp3) is 0.176. The highest BCUT2D eigenvalue weighted by Crippen LogP contribution is 2.35. The van der Waals surface area contributed by atoms with E-state index in [0.29, 0.717) is 0 Å². The third kappa shape index (κ3) is 1.72. The zero-order chi connectivity index (χ0) is 15.3. The summed E-state index contributed by atoms with van der Waals surface area (Å²) >= 11 is 0. The van der Waals surface area contributed by atoms with Gasteiger partial charge >= 0.3 is 0 Å². The van der Waals surface area contributed by atoms with Gasteiger partial charge in [0.05, 0.1) is 12.8 Å². The summed E-state index contributed by atoms with van der Waals surface area (Å²) in [6.07, 6.45) is 5.55. The Balaban J connectivity index is 2.05. The lowest BCUT2D eigenvalue weighted by molar-refractivity contribution is 0.415. The average molecular weight is 292 g/mol. The van der Waals surface area contributed by atoms with Crippen molar-refractivity contribution in [2.75, 3.05) is 7.11 Å². The molecule has 5 heteroatoms. The molecule has 5 nitrogen and oxygen atoms in total. The number of H-pyrrole nitrogens is 1. The molecule has 0 unspecified atom stereocenters. The average Bonchev–Trinajstić information content (AvgIpc) is 3.05. The first-order valence-corrected chi connectivity index (χ1v) is 7.12. The number of benzene rings is 1. The van der Waals surface area contributed by atoms with Crippen LogP contribution in [0.1, 0.15) is 5.56 Å². The standard InChI is InChI=1S/C17H16N4O/c1-10-15(20-17-16(10)18-6-7-19-17)13-9-21(2)14-5-4-11(22-3)8-12(13)14/h4-9H,1-3H3,(H,19,20). The zero-order valence-corrected chi connectivity index (χ0v) is 12.7. The third-order valence-corrected chi connectivity index (χ3v) is 4.14. The van der Waals surface area contributed by atoms with Crippen LogP contribution >= 0.6 is 0 Å². The number of ether oxygens (including phenoxy) is 1. The van der Waals surface area contributed by atoms with E-state index in [4.69, 9.17) is 4.74 Å². The van der Waals surface area contributed by atoms with Gasteiger partial charge in [0, 0.05) is 47.7 Å². The van der Waals surface area contributed by atoms with Crippen molar-refractivity contribution in [1.29, 1.82) is 0 Å². The van der Waals surface area contributed by atoms with Crippen molar-refractivity contribution < 1.29 is 4.74 Å². The normalized spacial score (nSPS) is 11.4. The molecule has 0 aliphatic carbocycles. The van der Waals surface area contributed by atoms with Crippen molar-refractivity contribution in [2.45, 2.75) is 6.92 Å². The number of nitrogens with zero attached hydrogens (tertiary/aromatic N) is 3. The summed E-state index contributed by atoms with van der Waals surface area (Å²) in [6.45, 7) is 2.07. The van der Waals surface area contributed by atoms with Crippen molar-refractivity contribution in [3.8, 4) is 17.0 Å². The van der Waals surface area contributed by atoms with E-state index in [1.165, 1.54) is 0 Å². The van der Waals surface area contributed by atoms with Gasteiger partial charge < -0.3 is 14.3 Å². The van der Waals surface area contributed by atoms with Gasteiger partial charge in [-0.2, -0.15) is 0 Å². The van der Waals surface area contributed by atoms with Crippen LogP contribution in [-0.2, 0) is 7.05 Å². The zero-order valence-electron chi connectivity index (χ0n) is 12.7. The first kappa shape index (κ1) is 12.9. The number of hydrogen-bond donors (Lipinski definition) is 1. The van der Waals surface area contributed by atoms with E-state index in [0.717, 1.165) is 44.6 Å². The smallest absolute Gasteiger partial charge is 0.156 e. The van der Waals surface area contributed by atoms with Gasteiger partial charge in [-0.25, -0.2) is 4.98 Å². The molecular formula is C17H16N4O. The van der Waals surface area contributed by atoms with Crippen molar-refractivity contribution in [3.05, 3.63) is 42.4 Å². The summed E-state index contributed by atoms with van der Waals surface area (Å²) < 4.78 is 7.49. The minimum Gasteiger partial charge on any atom is -0.497 e. The second-order valence-corrected chi connectivity index (χ2v) is 5.42. The van der Waals surface area contributed by atoms with Crippen LogP contribution < -0.4 is 4.74 Å². The van der Waals surface area contributed by atoms with Gasteiger partial charge in [-0.05, 0) is 25.1 Å². The van der Waals surface area contributed by atoms with Gasteiger partial charge in [0.15, 0.2) is 5.65 Å². The molecule has 0 radical (unpaired) electrons. The Morgan fingerprint density at radius 1 is 1.18 bits per heavy atom. The molecule has 4 aromatic rings. The van der Waals surface area contributed by atoms with Gasteiger partial charge in [0.2, 0.25) is 0 Å². The summed E-state index contributed by atoms with van der Waals surface area (Å²) in [6, 6.07) is 6.12. The van der Waals surface area contributed by atoms with E-state index in [-0.39, 0.29) is 0 Å². The van der Waals surface area contributed by atoms with Crippen LogP contribution in [0.3, 0.4) is 0 Å². The van der Waals surface area contributed by atoms with E-state index < -0.39 is 0 Å². The number of fused-ring (bicyclic) bond motifs is 2. The molecule has 0 amide bonds. The highest BCUT2D eigenvalue weighted by molar-refractivity contribution is 5.99. The number of nitrogens with one attached hydrogen (secondary N) is 1. The van der Waals surface area contributed by atoms with Crippen LogP contribution in [0.5, 0.6) is 5.75 Å². The Morgan fingerprint density at radius 3 is 2.77 bits per heavy atom. The van der Waals surface area contributed by atoms with Gasteiger partial charge in [-0.3, -0.25) is 4.98 Å². The Bertz CT molecular complexity index is 997. The van der Waals surface area contributed by atoms with E-state index in [2.05, 4.69) is 44.8 Å². The van der Waals surface area contributed by atoms with Crippen LogP contribution in [-0.4, -0.2) is 26.6 Å². The first-order valence-electron chi connectivity index (χ1n) is 7.12. The number of aryl methyl sites for hydroxylation is 2. The largest absolute Gasteiger partial charge is 0.497 e. The fourth-order valence-electron chi connectivity index (χ4n) is 3.00. The van der Waals surface area contributed by atoms with Crippen LogP contribution in [0.25, 0.3) is 33.3 Å². The van der Waals surface area contributed by atoms with Gasteiger partial charge in [-0.15, -0.1) is 0 Å². The Hall–Kier alpha value is -2.82. The highest BCUT2D eigenvalue weighted by Gasteiger charge is 2.16. The Kier molecular flexibility index (Phi) is 2.69. The molecule has 0 spiro atoms. The fourth-order valence-corrected chi connectivity index (χ4v) is 3.00. The summed E-state index contributed by atoms with van der Waals surface area (Å²) in [5.74, 6) is 0.852. The molecule has 110 valence electrons. The van der Waals surface area contributed by atoms with E-state index >= 15 is 0 Å². The predicted octanol–water partition coefficient (Wildman–Crippen LogP) is 3.43. The number of hydrogen-bond acceptors (Lipinski definition) is 3. The monoisotopic (exact) mass is 292 g/mol. The van der Waals surface area contributed by atoms with Crippen LogP contribution in [0.15, 0.2) is 36.8 Å². The van der Waals surface area contributed by atoms with E-state index in [9.17, 15) is 0 Å². The van der Waals surface area contributed by atoms with E-state index in [1.54, 1.807) is 19.5 Å².